The maximum absolute atomic E-state index is 6.02. The van der Waals surface area contributed by atoms with Crippen molar-refractivity contribution in [3.8, 4) is 5.75 Å². The predicted molar refractivity (Wildman–Crippen MR) is 72.8 cm³/mol. The molecule has 1 saturated heterocycles. The van der Waals surface area contributed by atoms with Crippen molar-refractivity contribution in [1.82, 2.24) is 4.90 Å². The van der Waals surface area contributed by atoms with Crippen molar-refractivity contribution in [1.29, 1.82) is 0 Å². The lowest BCUT2D eigenvalue weighted by Gasteiger charge is -2.35. The first-order valence-corrected chi connectivity index (χ1v) is 6.40. The predicted octanol–water partition coefficient (Wildman–Crippen LogP) is 1.76. The number of ether oxygens (including phenoxy) is 2. The minimum atomic E-state index is -0.215. The van der Waals surface area contributed by atoms with E-state index in [1.54, 1.807) is 0 Å². The van der Waals surface area contributed by atoms with Gasteiger partial charge < -0.3 is 15.2 Å². The number of benzene rings is 1. The Morgan fingerprint density at radius 2 is 1.83 bits per heavy atom. The minimum absolute atomic E-state index is 0.215. The number of hydrogen-bond acceptors (Lipinski definition) is 4. The van der Waals surface area contributed by atoms with Gasteiger partial charge in [0.15, 0.2) is 0 Å². The molecule has 0 aromatic heterocycles. The molecule has 0 atom stereocenters. The van der Waals surface area contributed by atoms with E-state index in [-0.39, 0.29) is 5.60 Å². The fourth-order valence-corrected chi connectivity index (χ4v) is 2.18. The van der Waals surface area contributed by atoms with Gasteiger partial charge in [0.1, 0.15) is 11.4 Å². The summed E-state index contributed by atoms with van der Waals surface area (Å²) in [6.07, 6.45) is 0. The van der Waals surface area contributed by atoms with Gasteiger partial charge in [0, 0.05) is 25.3 Å². The van der Waals surface area contributed by atoms with Gasteiger partial charge in [-0.05, 0) is 38.1 Å². The van der Waals surface area contributed by atoms with E-state index in [0.717, 1.165) is 44.3 Å². The van der Waals surface area contributed by atoms with Gasteiger partial charge in [0.25, 0.3) is 0 Å². The van der Waals surface area contributed by atoms with Crippen LogP contribution in [0, 0.1) is 0 Å². The lowest BCUT2D eigenvalue weighted by molar-refractivity contribution is -0.00352. The smallest absolute Gasteiger partial charge is 0.120 e. The molecule has 4 heteroatoms. The van der Waals surface area contributed by atoms with Gasteiger partial charge in [-0.2, -0.15) is 0 Å². The van der Waals surface area contributed by atoms with Crippen LogP contribution < -0.4 is 10.5 Å². The average molecular weight is 250 g/mol. The summed E-state index contributed by atoms with van der Waals surface area (Å²) in [7, 11) is 0. The summed E-state index contributed by atoms with van der Waals surface area (Å²) < 4.78 is 11.4. The lowest BCUT2D eigenvalue weighted by Crippen LogP contribution is -2.47. The van der Waals surface area contributed by atoms with Gasteiger partial charge in [-0.15, -0.1) is 0 Å². The maximum Gasteiger partial charge on any atom is 0.120 e. The maximum atomic E-state index is 6.02. The third-order valence-electron chi connectivity index (χ3n) is 2.98. The quantitative estimate of drug-likeness (QED) is 0.827. The minimum Gasteiger partial charge on any atom is -0.487 e. The molecule has 0 saturated carbocycles. The molecule has 1 fully saturated rings. The largest absolute Gasteiger partial charge is 0.487 e. The van der Waals surface area contributed by atoms with Crippen LogP contribution in [0.3, 0.4) is 0 Å². The first-order valence-electron chi connectivity index (χ1n) is 6.40. The number of hydrogen-bond donors (Lipinski definition) is 1. The zero-order chi connectivity index (χ0) is 13.0. The molecule has 18 heavy (non-hydrogen) atoms. The molecular formula is C14H22N2O2. The number of nitrogens with zero attached hydrogens (tertiary/aromatic N) is 1. The van der Waals surface area contributed by atoms with Gasteiger partial charge >= 0.3 is 0 Å². The molecule has 1 aliphatic heterocycles. The summed E-state index contributed by atoms with van der Waals surface area (Å²) in [6.45, 7) is 8.72. The van der Waals surface area contributed by atoms with Crippen molar-refractivity contribution >= 4 is 5.69 Å². The summed E-state index contributed by atoms with van der Waals surface area (Å²) in [5.74, 6) is 0.863. The van der Waals surface area contributed by atoms with Crippen LogP contribution in [0.15, 0.2) is 24.3 Å². The van der Waals surface area contributed by atoms with Gasteiger partial charge in [0.2, 0.25) is 0 Å². The molecule has 1 aromatic rings. The van der Waals surface area contributed by atoms with Crippen LogP contribution in [0.1, 0.15) is 13.8 Å². The lowest BCUT2D eigenvalue weighted by atomic mass is 10.1. The Balaban J connectivity index is 1.91. The number of nitrogens with two attached hydrogens (primary N) is 1. The van der Waals surface area contributed by atoms with Crippen molar-refractivity contribution in [2.45, 2.75) is 19.4 Å². The summed E-state index contributed by atoms with van der Waals surface area (Å²) in [5, 5.41) is 0. The molecule has 0 radical (unpaired) electrons. The second kappa shape index (κ2) is 5.59. The Bertz CT molecular complexity index is 370. The van der Waals surface area contributed by atoms with Crippen LogP contribution in [0.4, 0.5) is 5.69 Å². The van der Waals surface area contributed by atoms with Crippen LogP contribution in [0.5, 0.6) is 5.75 Å². The van der Waals surface area contributed by atoms with Crippen LogP contribution in [0.25, 0.3) is 0 Å². The number of morpholine rings is 1. The van der Waals surface area contributed by atoms with E-state index in [9.17, 15) is 0 Å². The van der Waals surface area contributed by atoms with Crippen LogP contribution >= 0.6 is 0 Å². The van der Waals surface area contributed by atoms with Crippen molar-refractivity contribution in [3.63, 3.8) is 0 Å². The standard InChI is InChI=1S/C14H22N2O2/c1-14(2,11-16-7-9-17-10-8-16)18-13-5-3-12(15)4-6-13/h3-6H,7-11,15H2,1-2H3. The molecule has 1 aromatic carbocycles. The molecule has 2 N–H and O–H groups in total. The fourth-order valence-electron chi connectivity index (χ4n) is 2.18. The molecule has 2 rings (SSSR count). The number of rotatable bonds is 4. The van der Waals surface area contributed by atoms with E-state index in [1.165, 1.54) is 0 Å². The monoisotopic (exact) mass is 250 g/mol. The molecule has 0 spiro atoms. The first kappa shape index (κ1) is 13.2. The average Bonchev–Trinajstić information content (AvgIpc) is 2.32. The topological polar surface area (TPSA) is 47.7 Å². The second-order valence-electron chi connectivity index (χ2n) is 5.32. The Labute approximate surface area is 109 Å². The number of anilines is 1. The van der Waals surface area contributed by atoms with Crippen molar-refractivity contribution < 1.29 is 9.47 Å². The highest BCUT2D eigenvalue weighted by Gasteiger charge is 2.24. The van der Waals surface area contributed by atoms with E-state index in [0.29, 0.717) is 0 Å². The molecular weight excluding hydrogens is 228 g/mol. The Morgan fingerprint density at radius 1 is 1.22 bits per heavy atom. The zero-order valence-electron chi connectivity index (χ0n) is 11.2. The van der Waals surface area contributed by atoms with E-state index in [4.69, 9.17) is 15.2 Å². The highest BCUT2D eigenvalue weighted by molar-refractivity contribution is 5.41. The first-order chi connectivity index (χ1) is 8.55. The van der Waals surface area contributed by atoms with E-state index < -0.39 is 0 Å². The summed E-state index contributed by atoms with van der Waals surface area (Å²) in [5.41, 5.74) is 6.21. The summed E-state index contributed by atoms with van der Waals surface area (Å²) in [4.78, 5) is 2.38. The summed E-state index contributed by atoms with van der Waals surface area (Å²) >= 11 is 0. The van der Waals surface area contributed by atoms with E-state index >= 15 is 0 Å². The Morgan fingerprint density at radius 3 is 2.44 bits per heavy atom. The van der Waals surface area contributed by atoms with Crippen molar-refractivity contribution in [3.05, 3.63) is 24.3 Å². The molecule has 100 valence electrons. The highest BCUT2D eigenvalue weighted by Crippen LogP contribution is 2.20. The van der Waals surface area contributed by atoms with Gasteiger partial charge in [-0.25, -0.2) is 0 Å². The van der Waals surface area contributed by atoms with Crippen molar-refractivity contribution in [2.24, 2.45) is 0 Å². The van der Waals surface area contributed by atoms with E-state index in [1.807, 2.05) is 24.3 Å². The normalized spacial score (nSPS) is 17.7. The molecule has 0 bridgehead atoms. The summed E-state index contributed by atoms with van der Waals surface area (Å²) in [6, 6.07) is 7.55. The van der Waals surface area contributed by atoms with Gasteiger partial charge in [0.05, 0.1) is 13.2 Å². The fraction of sp³-hybridized carbons (Fsp3) is 0.571. The molecule has 4 nitrogen and oxygen atoms in total. The zero-order valence-corrected chi connectivity index (χ0v) is 11.2. The molecule has 1 aliphatic rings. The third-order valence-corrected chi connectivity index (χ3v) is 2.98. The molecule has 0 aliphatic carbocycles. The van der Waals surface area contributed by atoms with Crippen LogP contribution in [-0.4, -0.2) is 43.3 Å². The SMILES string of the molecule is CC(C)(CN1CCOCC1)Oc1ccc(N)cc1. The highest BCUT2D eigenvalue weighted by atomic mass is 16.5. The van der Waals surface area contributed by atoms with Gasteiger partial charge in [-0.1, -0.05) is 0 Å². The molecule has 1 heterocycles. The number of nitrogen functional groups attached to an aromatic ring is 1. The van der Waals surface area contributed by atoms with Crippen molar-refractivity contribution in [2.75, 3.05) is 38.6 Å². The van der Waals surface area contributed by atoms with E-state index in [2.05, 4.69) is 18.7 Å². The third kappa shape index (κ3) is 3.89. The van der Waals surface area contributed by atoms with Gasteiger partial charge in [-0.3, -0.25) is 4.90 Å². The van der Waals surface area contributed by atoms with Crippen LogP contribution in [0.2, 0.25) is 0 Å². The Hall–Kier alpha value is -1.26. The molecule has 0 amide bonds. The Kier molecular flexibility index (Phi) is 4.09. The molecule has 0 unspecified atom stereocenters. The second-order valence-corrected chi connectivity index (χ2v) is 5.32. The van der Waals surface area contributed by atoms with Crippen LogP contribution in [-0.2, 0) is 4.74 Å².